The van der Waals surface area contributed by atoms with E-state index in [0.29, 0.717) is 12.1 Å². The first-order valence-electron chi connectivity index (χ1n) is 6.58. The average molecular weight is 269 g/mol. The summed E-state index contributed by atoms with van der Waals surface area (Å²) in [5, 5.41) is 6.02. The highest BCUT2D eigenvalue weighted by molar-refractivity contribution is 5.96. The van der Waals surface area contributed by atoms with Gasteiger partial charge in [-0.15, -0.1) is 0 Å². The zero-order valence-electron chi connectivity index (χ0n) is 12.0. The Labute approximate surface area is 119 Å². The molecule has 20 heavy (non-hydrogen) atoms. The molecule has 1 heterocycles. The van der Waals surface area contributed by atoms with E-state index in [1.54, 1.807) is 13.2 Å². The van der Waals surface area contributed by atoms with Crippen LogP contribution in [0.25, 0.3) is 0 Å². The van der Waals surface area contributed by atoms with Gasteiger partial charge < -0.3 is 10.6 Å². The van der Waals surface area contributed by atoms with Crippen molar-refractivity contribution in [3.8, 4) is 0 Å². The molecule has 2 rings (SSSR count). The molecule has 1 aromatic carbocycles. The van der Waals surface area contributed by atoms with Crippen LogP contribution in [0.3, 0.4) is 0 Å². The second kappa shape index (κ2) is 6.19. The summed E-state index contributed by atoms with van der Waals surface area (Å²) in [6.07, 6.45) is 3.65. The molecule has 0 atom stereocenters. The summed E-state index contributed by atoms with van der Waals surface area (Å²) in [5.41, 5.74) is 4.97. The average Bonchev–Trinajstić information content (AvgIpc) is 2.47. The Hall–Kier alpha value is -2.36. The number of carbonyl (C=O) groups excluding carboxylic acids is 1. The van der Waals surface area contributed by atoms with Gasteiger partial charge in [0.05, 0.1) is 0 Å². The summed E-state index contributed by atoms with van der Waals surface area (Å²) in [6, 6.07) is 7.68. The van der Waals surface area contributed by atoms with E-state index in [1.165, 1.54) is 5.56 Å². The van der Waals surface area contributed by atoms with Crippen LogP contribution in [0.5, 0.6) is 0 Å². The van der Waals surface area contributed by atoms with E-state index in [4.69, 9.17) is 0 Å². The summed E-state index contributed by atoms with van der Waals surface area (Å²) < 4.78 is 0. The molecule has 2 aromatic rings. The number of rotatable bonds is 4. The van der Waals surface area contributed by atoms with Crippen LogP contribution >= 0.6 is 0 Å². The molecular formula is C16H19N3O. The van der Waals surface area contributed by atoms with Crippen LogP contribution in [0.15, 0.2) is 36.7 Å². The molecule has 0 aliphatic heterocycles. The van der Waals surface area contributed by atoms with Crippen LogP contribution in [-0.4, -0.2) is 17.9 Å². The van der Waals surface area contributed by atoms with Gasteiger partial charge in [-0.25, -0.2) is 0 Å². The fourth-order valence-electron chi connectivity index (χ4n) is 2.08. The SMILES string of the molecule is CNC(=O)c1cccc(NCc2cnccc2C)c1C. The maximum atomic E-state index is 11.8. The summed E-state index contributed by atoms with van der Waals surface area (Å²) in [4.78, 5) is 15.9. The molecule has 0 spiro atoms. The molecule has 0 unspecified atom stereocenters. The number of hydrogen-bond donors (Lipinski definition) is 2. The first-order chi connectivity index (χ1) is 9.63. The Morgan fingerprint density at radius 1 is 1.25 bits per heavy atom. The van der Waals surface area contributed by atoms with E-state index in [1.807, 2.05) is 37.4 Å². The molecule has 2 N–H and O–H groups in total. The highest BCUT2D eigenvalue weighted by atomic mass is 16.1. The van der Waals surface area contributed by atoms with Gasteiger partial charge in [-0.3, -0.25) is 9.78 Å². The number of amides is 1. The molecule has 0 radical (unpaired) electrons. The van der Waals surface area contributed by atoms with Crippen molar-refractivity contribution in [2.24, 2.45) is 0 Å². The molecule has 0 bridgehead atoms. The lowest BCUT2D eigenvalue weighted by atomic mass is 10.1. The van der Waals surface area contributed by atoms with Crippen molar-refractivity contribution in [1.29, 1.82) is 0 Å². The number of carbonyl (C=O) groups is 1. The highest BCUT2D eigenvalue weighted by Gasteiger charge is 2.10. The Balaban J connectivity index is 2.18. The van der Waals surface area contributed by atoms with Gasteiger partial charge in [0, 0.05) is 37.2 Å². The molecule has 1 amide bonds. The lowest BCUT2D eigenvalue weighted by molar-refractivity contribution is 0.0962. The standard InChI is InChI=1S/C16H19N3O/c1-11-7-8-18-9-13(11)10-19-15-6-4-5-14(12(15)2)16(20)17-3/h4-9,19H,10H2,1-3H3,(H,17,20). The lowest BCUT2D eigenvalue weighted by Gasteiger charge is -2.13. The predicted molar refractivity (Wildman–Crippen MR) is 80.9 cm³/mol. The Morgan fingerprint density at radius 3 is 2.75 bits per heavy atom. The number of hydrogen-bond acceptors (Lipinski definition) is 3. The third kappa shape index (κ3) is 2.96. The summed E-state index contributed by atoms with van der Waals surface area (Å²) in [7, 11) is 1.64. The first-order valence-corrected chi connectivity index (χ1v) is 6.58. The zero-order valence-corrected chi connectivity index (χ0v) is 12.0. The van der Waals surface area contributed by atoms with Gasteiger partial charge >= 0.3 is 0 Å². The van der Waals surface area contributed by atoms with Crippen LogP contribution in [-0.2, 0) is 6.54 Å². The minimum absolute atomic E-state index is 0.0660. The fraction of sp³-hybridized carbons (Fsp3) is 0.250. The first kappa shape index (κ1) is 14.1. The zero-order chi connectivity index (χ0) is 14.5. The van der Waals surface area contributed by atoms with Crippen molar-refractivity contribution in [3.05, 3.63) is 58.9 Å². The van der Waals surface area contributed by atoms with E-state index >= 15 is 0 Å². The van der Waals surface area contributed by atoms with E-state index in [9.17, 15) is 4.79 Å². The van der Waals surface area contributed by atoms with Gasteiger partial charge in [-0.05, 0) is 48.7 Å². The van der Waals surface area contributed by atoms with Crippen LogP contribution in [0.2, 0.25) is 0 Å². The molecule has 0 aliphatic rings. The van der Waals surface area contributed by atoms with Gasteiger partial charge in [0.1, 0.15) is 0 Å². The maximum Gasteiger partial charge on any atom is 0.251 e. The van der Waals surface area contributed by atoms with E-state index in [-0.39, 0.29) is 5.91 Å². The second-order valence-corrected chi connectivity index (χ2v) is 4.71. The third-order valence-electron chi connectivity index (χ3n) is 3.42. The minimum atomic E-state index is -0.0660. The number of pyridine rings is 1. The molecule has 0 saturated carbocycles. The number of benzene rings is 1. The number of aromatic nitrogens is 1. The van der Waals surface area contributed by atoms with E-state index in [2.05, 4.69) is 22.5 Å². The Bertz CT molecular complexity index is 623. The number of aryl methyl sites for hydroxylation is 1. The quantitative estimate of drug-likeness (QED) is 0.897. The Morgan fingerprint density at radius 2 is 2.05 bits per heavy atom. The van der Waals surface area contributed by atoms with Gasteiger partial charge in [0.15, 0.2) is 0 Å². The van der Waals surface area contributed by atoms with Crippen LogP contribution < -0.4 is 10.6 Å². The minimum Gasteiger partial charge on any atom is -0.381 e. The number of anilines is 1. The smallest absolute Gasteiger partial charge is 0.251 e. The van der Waals surface area contributed by atoms with Gasteiger partial charge in [0.2, 0.25) is 0 Å². The Kier molecular flexibility index (Phi) is 4.35. The highest BCUT2D eigenvalue weighted by Crippen LogP contribution is 2.20. The third-order valence-corrected chi connectivity index (χ3v) is 3.42. The normalized spacial score (nSPS) is 10.2. The molecule has 104 valence electrons. The van der Waals surface area contributed by atoms with Crippen LogP contribution in [0, 0.1) is 13.8 Å². The van der Waals surface area contributed by atoms with Crippen LogP contribution in [0.4, 0.5) is 5.69 Å². The monoisotopic (exact) mass is 269 g/mol. The maximum absolute atomic E-state index is 11.8. The van der Waals surface area contributed by atoms with Crippen LogP contribution in [0.1, 0.15) is 27.0 Å². The largest absolute Gasteiger partial charge is 0.381 e. The number of nitrogens with one attached hydrogen (secondary N) is 2. The molecule has 4 nitrogen and oxygen atoms in total. The molecule has 4 heteroatoms. The fourth-order valence-corrected chi connectivity index (χ4v) is 2.08. The van der Waals surface area contributed by atoms with Crippen molar-refractivity contribution in [1.82, 2.24) is 10.3 Å². The van der Waals surface area contributed by atoms with Crippen molar-refractivity contribution in [2.45, 2.75) is 20.4 Å². The van der Waals surface area contributed by atoms with Gasteiger partial charge in [-0.2, -0.15) is 0 Å². The summed E-state index contributed by atoms with van der Waals surface area (Å²) in [5.74, 6) is -0.0660. The molecule has 1 aromatic heterocycles. The summed E-state index contributed by atoms with van der Waals surface area (Å²) in [6.45, 7) is 4.70. The molecule has 0 saturated heterocycles. The topological polar surface area (TPSA) is 54.0 Å². The second-order valence-electron chi connectivity index (χ2n) is 4.71. The van der Waals surface area contributed by atoms with E-state index < -0.39 is 0 Å². The molecule has 0 aliphatic carbocycles. The van der Waals surface area contributed by atoms with Crippen molar-refractivity contribution in [2.75, 3.05) is 12.4 Å². The van der Waals surface area contributed by atoms with E-state index in [0.717, 1.165) is 16.8 Å². The predicted octanol–water partition coefficient (Wildman–Crippen LogP) is 2.67. The summed E-state index contributed by atoms with van der Waals surface area (Å²) >= 11 is 0. The van der Waals surface area contributed by atoms with Crippen molar-refractivity contribution < 1.29 is 4.79 Å². The van der Waals surface area contributed by atoms with Gasteiger partial charge in [-0.1, -0.05) is 6.07 Å². The molecule has 0 fully saturated rings. The number of nitrogens with zero attached hydrogens (tertiary/aromatic N) is 1. The van der Waals surface area contributed by atoms with Gasteiger partial charge in [0.25, 0.3) is 5.91 Å². The molecular weight excluding hydrogens is 250 g/mol. The van der Waals surface area contributed by atoms with Crippen molar-refractivity contribution >= 4 is 11.6 Å². The lowest BCUT2D eigenvalue weighted by Crippen LogP contribution is -2.19. The van der Waals surface area contributed by atoms with Crippen molar-refractivity contribution in [3.63, 3.8) is 0 Å².